The first-order valence-corrected chi connectivity index (χ1v) is 11.4. The van der Waals surface area contributed by atoms with E-state index in [9.17, 15) is 4.79 Å². The van der Waals surface area contributed by atoms with Crippen LogP contribution in [-0.4, -0.2) is 38.9 Å². The molecule has 2 aliphatic carbocycles. The summed E-state index contributed by atoms with van der Waals surface area (Å²) >= 11 is 6.32. The number of fused-ring (bicyclic) bond motifs is 6. The Morgan fingerprint density at radius 2 is 2.00 bits per heavy atom. The minimum absolute atomic E-state index is 0.0377. The number of carbonyl (C=O) groups is 1. The van der Waals surface area contributed by atoms with E-state index in [4.69, 9.17) is 21.1 Å². The molecule has 3 aromatic rings. The fourth-order valence-corrected chi connectivity index (χ4v) is 5.69. The molecule has 164 valence electrons. The van der Waals surface area contributed by atoms with Crippen molar-refractivity contribution in [3.05, 3.63) is 64.8 Å². The molecule has 0 radical (unpaired) electrons. The van der Waals surface area contributed by atoms with Crippen molar-refractivity contribution in [3.8, 4) is 11.6 Å². The van der Waals surface area contributed by atoms with Crippen molar-refractivity contribution in [1.29, 1.82) is 0 Å². The molecule has 3 aliphatic rings. The Morgan fingerprint density at radius 1 is 1.16 bits per heavy atom. The third-order valence-corrected chi connectivity index (χ3v) is 7.40. The van der Waals surface area contributed by atoms with E-state index < -0.39 is 5.41 Å². The van der Waals surface area contributed by atoms with E-state index >= 15 is 0 Å². The highest BCUT2D eigenvalue weighted by Crippen LogP contribution is 2.65. The molecule has 2 aromatic heterocycles. The van der Waals surface area contributed by atoms with Crippen LogP contribution >= 0.6 is 11.6 Å². The number of pyridine rings is 1. The van der Waals surface area contributed by atoms with Crippen LogP contribution in [0.15, 0.2) is 42.6 Å². The summed E-state index contributed by atoms with van der Waals surface area (Å²) in [7, 11) is 1.43. The zero-order valence-electron chi connectivity index (χ0n) is 17.7. The normalized spacial score (nSPS) is 27.6. The predicted octanol–water partition coefficient (Wildman–Crippen LogP) is 4.33. The van der Waals surface area contributed by atoms with Crippen molar-refractivity contribution >= 4 is 17.6 Å². The van der Waals surface area contributed by atoms with Gasteiger partial charge >= 0.3 is 5.97 Å². The first-order chi connectivity index (χ1) is 15.6. The Balaban J connectivity index is 1.31. The standard InChI is InChI=1S/C24H23ClN4O3/c1-31-23(30)24-13-18(24)17-12-15(25)7-10-19(17)29-21(27-28-22(24)29)14-5-8-16(9-6-14)32-20-4-2-3-11-26-20/h2-4,7,10-12,14,16,18H,5-6,8-9,13H2,1H3. The van der Waals surface area contributed by atoms with Gasteiger partial charge in [-0.05, 0) is 61.9 Å². The van der Waals surface area contributed by atoms with Gasteiger partial charge in [0.2, 0.25) is 5.88 Å². The van der Waals surface area contributed by atoms with E-state index in [0.717, 1.165) is 42.8 Å². The van der Waals surface area contributed by atoms with Crippen LogP contribution in [0.2, 0.25) is 5.02 Å². The fraction of sp³-hybridized carbons (Fsp3) is 0.417. The molecule has 8 heteroatoms. The van der Waals surface area contributed by atoms with E-state index in [1.807, 2.05) is 36.4 Å². The Kier molecular flexibility index (Phi) is 4.50. The summed E-state index contributed by atoms with van der Waals surface area (Å²) in [5.41, 5.74) is 1.35. The summed E-state index contributed by atoms with van der Waals surface area (Å²) in [5, 5.41) is 9.82. The number of hydrogen-bond donors (Lipinski definition) is 0. The molecule has 32 heavy (non-hydrogen) atoms. The maximum atomic E-state index is 12.8. The number of benzene rings is 1. The van der Waals surface area contributed by atoms with E-state index in [-0.39, 0.29) is 23.9 Å². The summed E-state index contributed by atoms with van der Waals surface area (Å²) in [5.74, 6) is 2.31. The molecule has 0 bridgehead atoms. The van der Waals surface area contributed by atoms with Crippen molar-refractivity contribution < 1.29 is 14.3 Å². The van der Waals surface area contributed by atoms with Gasteiger partial charge in [-0.25, -0.2) is 4.98 Å². The van der Waals surface area contributed by atoms with E-state index in [1.165, 1.54) is 7.11 Å². The van der Waals surface area contributed by atoms with Crippen LogP contribution in [0.5, 0.6) is 5.88 Å². The molecule has 0 spiro atoms. The van der Waals surface area contributed by atoms with Gasteiger partial charge in [0.15, 0.2) is 5.82 Å². The SMILES string of the molecule is COC(=O)C12CC1c1cc(Cl)ccc1-n1c(C3CCC(Oc4ccccn4)CC3)nnc12. The Morgan fingerprint density at radius 3 is 2.75 bits per heavy atom. The average molecular weight is 451 g/mol. The van der Waals surface area contributed by atoms with Crippen molar-refractivity contribution in [3.63, 3.8) is 0 Å². The van der Waals surface area contributed by atoms with E-state index in [2.05, 4.69) is 19.7 Å². The molecule has 0 amide bonds. The van der Waals surface area contributed by atoms with Crippen LogP contribution in [0.25, 0.3) is 5.69 Å². The molecule has 0 saturated heterocycles. The Hall–Kier alpha value is -2.93. The smallest absolute Gasteiger partial charge is 0.320 e. The Bertz CT molecular complexity index is 1190. The van der Waals surface area contributed by atoms with Crippen molar-refractivity contribution in [2.24, 2.45) is 0 Å². The van der Waals surface area contributed by atoms with Gasteiger partial charge in [-0.2, -0.15) is 0 Å². The number of halogens is 1. The lowest BCUT2D eigenvalue weighted by Gasteiger charge is -2.30. The van der Waals surface area contributed by atoms with E-state index in [0.29, 0.717) is 23.1 Å². The number of aromatic nitrogens is 4. The number of rotatable bonds is 4. The summed E-state index contributed by atoms with van der Waals surface area (Å²) in [6.45, 7) is 0. The second-order valence-corrected chi connectivity index (χ2v) is 9.34. The van der Waals surface area contributed by atoms with E-state index in [1.54, 1.807) is 6.20 Å². The topological polar surface area (TPSA) is 79.1 Å². The predicted molar refractivity (Wildman–Crippen MR) is 117 cm³/mol. The molecule has 0 N–H and O–H groups in total. The Labute approximate surface area is 190 Å². The maximum absolute atomic E-state index is 12.8. The van der Waals surface area contributed by atoms with Crippen LogP contribution in [-0.2, 0) is 14.9 Å². The van der Waals surface area contributed by atoms with Gasteiger partial charge in [0.05, 0.1) is 12.8 Å². The lowest BCUT2D eigenvalue weighted by Crippen LogP contribution is -2.32. The first kappa shape index (κ1) is 19.7. The molecule has 1 aromatic carbocycles. The van der Waals surface area contributed by atoms with Crippen LogP contribution < -0.4 is 4.74 Å². The lowest BCUT2D eigenvalue weighted by molar-refractivity contribution is -0.144. The number of methoxy groups -OCH3 is 1. The summed E-state index contributed by atoms with van der Waals surface area (Å²) in [6.07, 6.45) is 6.28. The van der Waals surface area contributed by atoms with Crippen LogP contribution in [0.4, 0.5) is 0 Å². The van der Waals surface area contributed by atoms with Gasteiger partial charge in [0.25, 0.3) is 0 Å². The highest BCUT2D eigenvalue weighted by molar-refractivity contribution is 6.30. The largest absolute Gasteiger partial charge is 0.474 e. The highest BCUT2D eigenvalue weighted by atomic mass is 35.5. The molecule has 3 heterocycles. The summed E-state index contributed by atoms with van der Waals surface area (Å²) < 4.78 is 13.3. The third kappa shape index (κ3) is 2.87. The van der Waals surface area contributed by atoms with Gasteiger partial charge in [-0.3, -0.25) is 9.36 Å². The average Bonchev–Trinajstić information content (AvgIpc) is 3.44. The monoisotopic (exact) mass is 450 g/mol. The number of ether oxygens (including phenoxy) is 2. The molecule has 2 saturated carbocycles. The van der Waals surface area contributed by atoms with Crippen molar-refractivity contribution in [2.45, 2.75) is 55.5 Å². The van der Waals surface area contributed by atoms with Gasteiger partial charge in [-0.1, -0.05) is 17.7 Å². The number of nitrogens with zero attached hydrogens (tertiary/aromatic N) is 4. The van der Waals surface area contributed by atoms with Crippen LogP contribution in [0.3, 0.4) is 0 Å². The molecular formula is C24H23ClN4O3. The maximum Gasteiger partial charge on any atom is 0.320 e. The van der Waals surface area contributed by atoms with Gasteiger partial charge < -0.3 is 9.47 Å². The minimum Gasteiger partial charge on any atom is -0.474 e. The van der Waals surface area contributed by atoms with Gasteiger partial charge in [-0.15, -0.1) is 10.2 Å². The first-order valence-electron chi connectivity index (χ1n) is 11.0. The third-order valence-electron chi connectivity index (χ3n) is 7.17. The molecule has 7 nitrogen and oxygen atoms in total. The van der Waals surface area contributed by atoms with Gasteiger partial charge in [0.1, 0.15) is 17.3 Å². The number of hydrogen-bond acceptors (Lipinski definition) is 6. The second-order valence-electron chi connectivity index (χ2n) is 8.90. The lowest BCUT2D eigenvalue weighted by atomic mass is 9.86. The fourth-order valence-electron chi connectivity index (χ4n) is 5.51. The zero-order chi connectivity index (χ0) is 21.9. The minimum atomic E-state index is -0.753. The number of esters is 1. The van der Waals surface area contributed by atoms with Gasteiger partial charge in [0, 0.05) is 29.1 Å². The molecule has 1 aliphatic heterocycles. The zero-order valence-corrected chi connectivity index (χ0v) is 18.5. The summed E-state index contributed by atoms with van der Waals surface area (Å²) in [4.78, 5) is 17.1. The molecule has 2 unspecified atom stereocenters. The quantitative estimate of drug-likeness (QED) is 0.550. The van der Waals surface area contributed by atoms with Crippen LogP contribution in [0, 0.1) is 0 Å². The van der Waals surface area contributed by atoms with Crippen LogP contribution in [0.1, 0.15) is 61.2 Å². The molecule has 6 rings (SSSR count). The molecular weight excluding hydrogens is 428 g/mol. The van der Waals surface area contributed by atoms with Crippen molar-refractivity contribution in [1.82, 2.24) is 19.7 Å². The van der Waals surface area contributed by atoms with Crippen molar-refractivity contribution in [2.75, 3.05) is 7.11 Å². The molecule has 2 fully saturated rings. The molecule has 2 atom stereocenters. The highest BCUT2D eigenvalue weighted by Gasteiger charge is 2.68. The second kappa shape index (κ2) is 7.30. The number of carbonyl (C=O) groups excluding carboxylic acids is 1. The summed E-state index contributed by atoms with van der Waals surface area (Å²) in [6, 6.07) is 11.6.